The molecule has 2 rings (SSSR count). The van der Waals surface area contributed by atoms with Gasteiger partial charge in [-0.2, -0.15) is 0 Å². The maximum atomic E-state index is 10.4. The third-order valence-electron chi connectivity index (χ3n) is 2.75. The summed E-state index contributed by atoms with van der Waals surface area (Å²) in [5.74, 6) is -0.214. The number of benzene rings is 1. The summed E-state index contributed by atoms with van der Waals surface area (Å²) >= 11 is 1.67. The van der Waals surface area contributed by atoms with E-state index in [4.69, 9.17) is 9.84 Å². The van der Waals surface area contributed by atoms with Crippen LogP contribution in [-0.4, -0.2) is 16.1 Å². The number of carbonyl (C=O) groups is 1. The second-order valence-electron chi connectivity index (χ2n) is 4.51. The first-order valence-corrected chi connectivity index (χ1v) is 7.62. The Balaban J connectivity index is 1.89. The summed E-state index contributed by atoms with van der Waals surface area (Å²) in [5, 5.41) is 11.7. The normalized spacial score (nSPS) is 10.9. The van der Waals surface area contributed by atoms with Crippen molar-refractivity contribution in [2.45, 2.75) is 26.4 Å². The van der Waals surface area contributed by atoms with Crippen LogP contribution in [0.4, 0.5) is 0 Å². The highest BCUT2D eigenvalue weighted by molar-refractivity contribution is 7.09. The monoisotopic (exact) mass is 303 g/mol. The van der Waals surface area contributed by atoms with Crippen molar-refractivity contribution < 1.29 is 14.6 Å². The number of nitrogens with zero attached hydrogens (tertiary/aromatic N) is 1. The van der Waals surface area contributed by atoms with Crippen molar-refractivity contribution in [2.24, 2.45) is 0 Å². The van der Waals surface area contributed by atoms with Gasteiger partial charge in [0.2, 0.25) is 0 Å². The molecule has 5 heteroatoms. The molecule has 1 aromatic carbocycles. The molecule has 110 valence electrons. The Hall–Kier alpha value is -2.14. The average molecular weight is 303 g/mol. The van der Waals surface area contributed by atoms with Crippen LogP contribution in [-0.2, 0) is 17.8 Å². The van der Waals surface area contributed by atoms with Crippen LogP contribution in [0.15, 0.2) is 35.7 Å². The highest BCUT2D eigenvalue weighted by Crippen LogP contribution is 2.17. The molecule has 0 atom stereocenters. The summed E-state index contributed by atoms with van der Waals surface area (Å²) in [4.78, 5) is 14.9. The van der Waals surface area contributed by atoms with Crippen molar-refractivity contribution in [2.75, 3.05) is 0 Å². The van der Waals surface area contributed by atoms with E-state index in [1.807, 2.05) is 29.6 Å². The van der Waals surface area contributed by atoms with Gasteiger partial charge in [0.05, 0.1) is 10.7 Å². The van der Waals surface area contributed by atoms with Crippen molar-refractivity contribution in [1.29, 1.82) is 0 Å². The molecule has 0 bridgehead atoms. The fraction of sp³-hybridized carbons (Fsp3) is 0.250. The smallest absolute Gasteiger partial charge is 0.328 e. The van der Waals surface area contributed by atoms with Crippen LogP contribution in [0.5, 0.6) is 5.75 Å². The maximum Gasteiger partial charge on any atom is 0.328 e. The minimum Gasteiger partial charge on any atom is -0.487 e. The molecule has 4 nitrogen and oxygen atoms in total. The first-order chi connectivity index (χ1) is 10.2. The van der Waals surface area contributed by atoms with Crippen LogP contribution in [0.3, 0.4) is 0 Å². The van der Waals surface area contributed by atoms with E-state index in [0.29, 0.717) is 6.61 Å². The van der Waals surface area contributed by atoms with E-state index in [2.05, 4.69) is 11.9 Å². The summed E-state index contributed by atoms with van der Waals surface area (Å²) in [6, 6.07) is 7.28. The fourth-order valence-electron chi connectivity index (χ4n) is 1.74. The Morgan fingerprint density at radius 1 is 1.38 bits per heavy atom. The van der Waals surface area contributed by atoms with E-state index >= 15 is 0 Å². The average Bonchev–Trinajstić information content (AvgIpc) is 2.92. The van der Waals surface area contributed by atoms with E-state index in [-0.39, 0.29) is 0 Å². The SMILES string of the molecule is CCCc1nc(COc2ccc(C=CC(=O)O)cc2)cs1. The summed E-state index contributed by atoms with van der Waals surface area (Å²) in [6.45, 7) is 2.59. The van der Waals surface area contributed by atoms with Crippen molar-refractivity contribution in [3.05, 3.63) is 52.0 Å². The summed E-state index contributed by atoms with van der Waals surface area (Å²) in [7, 11) is 0. The van der Waals surface area contributed by atoms with Crippen LogP contribution in [0.2, 0.25) is 0 Å². The lowest BCUT2D eigenvalue weighted by molar-refractivity contribution is -0.131. The second kappa shape index (κ2) is 7.59. The minimum absolute atomic E-state index is 0.449. The van der Waals surface area contributed by atoms with Gasteiger partial charge in [-0.3, -0.25) is 0 Å². The van der Waals surface area contributed by atoms with Gasteiger partial charge in [-0.15, -0.1) is 11.3 Å². The number of ether oxygens (including phenoxy) is 1. The van der Waals surface area contributed by atoms with Gasteiger partial charge in [0.25, 0.3) is 0 Å². The highest BCUT2D eigenvalue weighted by atomic mass is 32.1. The molecule has 0 spiro atoms. The van der Waals surface area contributed by atoms with Crippen LogP contribution >= 0.6 is 11.3 Å². The second-order valence-corrected chi connectivity index (χ2v) is 5.45. The van der Waals surface area contributed by atoms with Crippen molar-refractivity contribution in [3.63, 3.8) is 0 Å². The first kappa shape index (κ1) is 15.3. The zero-order valence-electron chi connectivity index (χ0n) is 11.8. The van der Waals surface area contributed by atoms with Crippen LogP contribution in [0.25, 0.3) is 6.08 Å². The molecule has 0 aliphatic heterocycles. The lowest BCUT2D eigenvalue weighted by Gasteiger charge is -2.04. The zero-order valence-corrected chi connectivity index (χ0v) is 12.6. The van der Waals surface area contributed by atoms with Gasteiger partial charge in [0.15, 0.2) is 0 Å². The Morgan fingerprint density at radius 3 is 2.81 bits per heavy atom. The molecule has 0 aliphatic carbocycles. The molecular weight excluding hydrogens is 286 g/mol. The third kappa shape index (κ3) is 5.04. The predicted octanol–water partition coefficient (Wildman–Crippen LogP) is 3.77. The number of hydrogen-bond donors (Lipinski definition) is 1. The Labute approximate surface area is 127 Å². The number of aromatic nitrogens is 1. The van der Waals surface area contributed by atoms with Gasteiger partial charge >= 0.3 is 5.97 Å². The highest BCUT2D eigenvalue weighted by Gasteiger charge is 2.02. The quantitative estimate of drug-likeness (QED) is 0.791. The molecule has 2 aromatic rings. The molecule has 0 saturated carbocycles. The van der Waals surface area contributed by atoms with Crippen LogP contribution in [0.1, 0.15) is 29.6 Å². The molecule has 0 fully saturated rings. The Morgan fingerprint density at radius 2 is 2.14 bits per heavy atom. The molecule has 0 unspecified atom stereocenters. The van der Waals surface area contributed by atoms with E-state index < -0.39 is 5.97 Å². The van der Waals surface area contributed by atoms with E-state index in [9.17, 15) is 4.79 Å². The van der Waals surface area contributed by atoms with Gasteiger partial charge in [-0.25, -0.2) is 9.78 Å². The molecule has 1 aromatic heterocycles. The number of carboxylic acids is 1. The lowest BCUT2D eigenvalue weighted by Crippen LogP contribution is -1.96. The number of rotatable bonds is 7. The molecule has 1 N–H and O–H groups in total. The largest absolute Gasteiger partial charge is 0.487 e. The Kier molecular flexibility index (Phi) is 5.51. The standard InChI is InChI=1S/C16H17NO3S/c1-2-3-15-17-13(11-21-15)10-20-14-7-4-12(5-8-14)6-9-16(18)19/h4-9,11H,2-3,10H2,1H3,(H,18,19). The molecule has 0 radical (unpaired) electrons. The van der Waals surface area contributed by atoms with Gasteiger partial charge in [-0.05, 0) is 36.6 Å². The van der Waals surface area contributed by atoms with Crippen LogP contribution < -0.4 is 4.74 Å². The van der Waals surface area contributed by atoms with Crippen molar-refractivity contribution >= 4 is 23.4 Å². The van der Waals surface area contributed by atoms with Gasteiger partial charge in [-0.1, -0.05) is 19.1 Å². The third-order valence-corrected chi connectivity index (χ3v) is 3.71. The molecule has 0 saturated heterocycles. The fourth-order valence-corrected chi connectivity index (χ4v) is 2.63. The molecule has 21 heavy (non-hydrogen) atoms. The van der Waals surface area contributed by atoms with E-state index in [1.54, 1.807) is 17.4 Å². The molecule has 0 aliphatic rings. The number of aryl methyl sites for hydroxylation is 1. The lowest BCUT2D eigenvalue weighted by atomic mass is 10.2. The molecular formula is C16H17NO3S. The first-order valence-electron chi connectivity index (χ1n) is 6.74. The zero-order chi connectivity index (χ0) is 15.1. The topological polar surface area (TPSA) is 59.4 Å². The summed E-state index contributed by atoms with van der Waals surface area (Å²) in [5.41, 5.74) is 1.77. The van der Waals surface area contributed by atoms with Gasteiger partial charge in [0, 0.05) is 11.5 Å². The molecule has 1 heterocycles. The van der Waals surface area contributed by atoms with E-state index in [1.165, 1.54) is 0 Å². The van der Waals surface area contributed by atoms with Crippen molar-refractivity contribution in [1.82, 2.24) is 4.98 Å². The van der Waals surface area contributed by atoms with Crippen molar-refractivity contribution in [3.8, 4) is 5.75 Å². The number of aliphatic carboxylic acids is 1. The Bertz CT molecular complexity index is 617. The number of carboxylic acid groups (broad SMARTS) is 1. The van der Waals surface area contributed by atoms with Gasteiger partial charge < -0.3 is 9.84 Å². The summed E-state index contributed by atoms with van der Waals surface area (Å²) < 4.78 is 5.67. The van der Waals surface area contributed by atoms with Gasteiger partial charge in [0.1, 0.15) is 12.4 Å². The number of thiazole rings is 1. The summed E-state index contributed by atoms with van der Waals surface area (Å²) in [6.07, 6.45) is 4.76. The minimum atomic E-state index is -0.957. The number of hydrogen-bond acceptors (Lipinski definition) is 4. The maximum absolute atomic E-state index is 10.4. The van der Waals surface area contributed by atoms with Crippen LogP contribution in [0, 0.1) is 0 Å². The predicted molar refractivity (Wildman–Crippen MR) is 83.6 cm³/mol. The molecule has 0 amide bonds. The van der Waals surface area contributed by atoms with E-state index in [0.717, 1.165) is 40.9 Å².